The number of oxazole rings is 1. The molecule has 5 aromatic rings. The summed E-state index contributed by atoms with van der Waals surface area (Å²) in [6, 6.07) is 16.1. The highest BCUT2D eigenvalue weighted by Gasteiger charge is 2.20. The Morgan fingerprint density at radius 2 is 1.56 bits per heavy atom. The first-order valence-corrected chi connectivity index (χ1v) is 11.4. The Labute approximate surface area is 198 Å². The molecule has 0 fully saturated rings. The van der Waals surface area contributed by atoms with E-state index in [9.17, 15) is 4.79 Å². The number of benzene rings is 2. The molecule has 0 atom stereocenters. The number of aromatic nitrogens is 4. The van der Waals surface area contributed by atoms with Gasteiger partial charge in [0.25, 0.3) is 5.56 Å². The Kier molecular flexibility index (Phi) is 5.24. The largest absolute Gasteiger partial charge is 0.441 e. The summed E-state index contributed by atoms with van der Waals surface area (Å²) < 4.78 is 9.68. The Morgan fingerprint density at radius 3 is 2.29 bits per heavy atom. The van der Waals surface area contributed by atoms with Crippen LogP contribution in [0.2, 0.25) is 0 Å². The van der Waals surface area contributed by atoms with Gasteiger partial charge in [0.05, 0.1) is 17.9 Å². The lowest BCUT2D eigenvalue weighted by atomic mass is 10.1. The van der Waals surface area contributed by atoms with Gasteiger partial charge in [-0.3, -0.25) is 9.36 Å². The van der Waals surface area contributed by atoms with Crippen LogP contribution >= 0.6 is 0 Å². The minimum atomic E-state index is -0.0889. The molecule has 0 saturated heterocycles. The van der Waals surface area contributed by atoms with Crippen LogP contribution in [0.3, 0.4) is 0 Å². The number of hydrogen-bond acceptors (Lipinski definition) is 4. The topological polar surface area (TPSA) is 65.8 Å². The smallest absolute Gasteiger partial charge is 0.252 e. The number of nitrogens with zero attached hydrogens (tertiary/aromatic N) is 4. The van der Waals surface area contributed by atoms with Crippen LogP contribution in [0, 0.1) is 41.5 Å². The van der Waals surface area contributed by atoms with Gasteiger partial charge in [-0.15, -0.1) is 0 Å². The van der Waals surface area contributed by atoms with E-state index >= 15 is 0 Å². The predicted octanol–water partition coefficient (Wildman–Crippen LogP) is 5.74. The van der Waals surface area contributed by atoms with Crippen molar-refractivity contribution in [2.24, 2.45) is 0 Å². The van der Waals surface area contributed by atoms with Crippen molar-refractivity contribution >= 4 is 11.0 Å². The zero-order valence-electron chi connectivity index (χ0n) is 20.4. The van der Waals surface area contributed by atoms with Gasteiger partial charge in [-0.1, -0.05) is 35.4 Å². The molecule has 0 spiro atoms. The van der Waals surface area contributed by atoms with Gasteiger partial charge >= 0.3 is 0 Å². The molecule has 0 amide bonds. The average molecular weight is 453 g/mol. The molecular formula is C28H28N4O2. The molecule has 0 N–H and O–H groups in total. The Hall–Kier alpha value is -3.93. The van der Waals surface area contributed by atoms with Gasteiger partial charge in [0.15, 0.2) is 0 Å². The maximum atomic E-state index is 13.3. The van der Waals surface area contributed by atoms with Gasteiger partial charge in [-0.25, -0.2) is 9.67 Å². The van der Waals surface area contributed by atoms with Gasteiger partial charge in [-0.2, -0.15) is 5.10 Å². The molecular weight excluding hydrogens is 424 g/mol. The first kappa shape index (κ1) is 21.9. The lowest BCUT2D eigenvalue weighted by molar-refractivity contribution is 0.537. The highest BCUT2D eigenvalue weighted by molar-refractivity contribution is 5.83. The lowest BCUT2D eigenvalue weighted by Gasteiger charge is -2.12. The molecule has 0 radical (unpaired) electrons. The summed E-state index contributed by atoms with van der Waals surface area (Å²) in [5.41, 5.74) is 8.51. The first-order chi connectivity index (χ1) is 16.2. The van der Waals surface area contributed by atoms with Crippen LogP contribution in [0.25, 0.3) is 28.2 Å². The summed E-state index contributed by atoms with van der Waals surface area (Å²) in [7, 11) is 0. The highest BCUT2D eigenvalue weighted by atomic mass is 16.4. The van der Waals surface area contributed by atoms with Crippen molar-refractivity contribution in [1.29, 1.82) is 0 Å². The van der Waals surface area contributed by atoms with E-state index in [1.54, 1.807) is 10.6 Å². The van der Waals surface area contributed by atoms with Gasteiger partial charge in [-0.05, 0) is 70.9 Å². The molecule has 6 nitrogen and oxygen atoms in total. The summed E-state index contributed by atoms with van der Waals surface area (Å²) in [6.45, 7) is 12.3. The third-order valence-corrected chi connectivity index (χ3v) is 6.39. The molecule has 3 heterocycles. The third kappa shape index (κ3) is 3.65. The maximum absolute atomic E-state index is 13.3. The van der Waals surface area contributed by atoms with E-state index < -0.39 is 0 Å². The molecule has 0 bridgehead atoms. The van der Waals surface area contributed by atoms with Crippen molar-refractivity contribution in [2.45, 2.75) is 48.1 Å². The SMILES string of the molecule is Cc1ccc(-n2nc(C)c3c(C)cc(=O)n(Cc4nc(-c5cc(C)ccc5C)oc4C)c32)cc1. The molecule has 5 rings (SSSR count). The molecule has 3 aromatic heterocycles. The second-order valence-electron chi connectivity index (χ2n) is 9.12. The van der Waals surface area contributed by atoms with Gasteiger partial charge in [0, 0.05) is 17.0 Å². The molecule has 0 aliphatic rings. The van der Waals surface area contributed by atoms with E-state index in [-0.39, 0.29) is 5.56 Å². The minimum absolute atomic E-state index is 0.0889. The zero-order chi connectivity index (χ0) is 24.1. The van der Waals surface area contributed by atoms with E-state index in [4.69, 9.17) is 14.5 Å². The number of hydrogen-bond donors (Lipinski definition) is 0. The summed E-state index contributed by atoms with van der Waals surface area (Å²) in [5.74, 6) is 1.28. The van der Waals surface area contributed by atoms with Gasteiger partial charge in [0.2, 0.25) is 5.89 Å². The average Bonchev–Trinajstić information content (AvgIpc) is 3.33. The summed E-state index contributed by atoms with van der Waals surface area (Å²) >= 11 is 0. The van der Waals surface area contributed by atoms with Crippen molar-refractivity contribution in [1.82, 2.24) is 19.3 Å². The standard InChI is InChI=1S/C28H28N4O2/c1-16-8-11-22(12-9-16)32-28-26(20(5)30-32)19(4)14-25(33)31(28)15-24-21(6)34-27(29-24)23-13-17(2)7-10-18(23)3/h7-14H,15H2,1-6H3. The number of rotatable bonds is 4. The van der Waals surface area contributed by atoms with E-state index in [0.29, 0.717) is 18.2 Å². The third-order valence-electron chi connectivity index (χ3n) is 6.39. The van der Waals surface area contributed by atoms with E-state index in [1.165, 1.54) is 5.56 Å². The van der Waals surface area contributed by atoms with E-state index in [2.05, 4.69) is 44.2 Å². The Balaban J connectivity index is 1.68. The second kappa shape index (κ2) is 8.13. The molecule has 0 aliphatic carbocycles. The minimum Gasteiger partial charge on any atom is -0.441 e. The monoisotopic (exact) mass is 452 g/mol. The second-order valence-corrected chi connectivity index (χ2v) is 9.12. The molecule has 0 aliphatic heterocycles. The van der Waals surface area contributed by atoms with Gasteiger partial charge < -0.3 is 4.42 Å². The number of aryl methyl sites for hydroxylation is 6. The number of fused-ring (bicyclic) bond motifs is 1. The van der Waals surface area contributed by atoms with Crippen LogP contribution in [-0.4, -0.2) is 19.3 Å². The molecule has 0 saturated carbocycles. The van der Waals surface area contributed by atoms with Crippen LogP contribution < -0.4 is 5.56 Å². The van der Waals surface area contributed by atoms with Crippen LogP contribution in [0.1, 0.15) is 39.4 Å². The summed E-state index contributed by atoms with van der Waals surface area (Å²) in [4.78, 5) is 18.1. The van der Waals surface area contributed by atoms with Crippen molar-refractivity contribution < 1.29 is 4.42 Å². The van der Waals surface area contributed by atoms with Crippen LogP contribution in [-0.2, 0) is 6.54 Å². The van der Waals surface area contributed by atoms with Crippen LogP contribution in [0.15, 0.2) is 57.7 Å². The molecule has 172 valence electrons. The molecule has 6 heteroatoms. The first-order valence-electron chi connectivity index (χ1n) is 11.4. The fraction of sp³-hybridized carbons (Fsp3) is 0.250. The fourth-order valence-electron chi connectivity index (χ4n) is 4.49. The quantitative estimate of drug-likeness (QED) is 0.349. The van der Waals surface area contributed by atoms with Crippen molar-refractivity contribution in [3.8, 4) is 17.1 Å². The van der Waals surface area contributed by atoms with E-state index in [1.807, 2.05) is 44.5 Å². The molecule has 2 aromatic carbocycles. The maximum Gasteiger partial charge on any atom is 0.252 e. The van der Waals surface area contributed by atoms with Crippen molar-refractivity contribution in [2.75, 3.05) is 0 Å². The normalized spacial score (nSPS) is 11.5. The van der Waals surface area contributed by atoms with Crippen LogP contribution in [0.4, 0.5) is 0 Å². The Bertz CT molecular complexity index is 1600. The van der Waals surface area contributed by atoms with Crippen LogP contribution in [0.5, 0.6) is 0 Å². The predicted molar refractivity (Wildman–Crippen MR) is 135 cm³/mol. The van der Waals surface area contributed by atoms with E-state index in [0.717, 1.165) is 50.4 Å². The van der Waals surface area contributed by atoms with Crippen molar-refractivity contribution in [3.63, 3.8) is 0 Å². The molecule has 34 heavy (non-hydrogen) atoms. The summed E-state index contributed by atoms with van der Waals surface area (Å²) in [6.07, 6.45) is 0. The summed E-state index contributed by atoms with van der Waals surface area (Å²) in [5, 5.41) is 5.79. The molecule has 0 unspecified atom stereocenters. The highest BCUT2D eigenvalue weighted by Crippen LogP contribution is 2.28. The fourth-order valence-corrected chi connectivity index (χ4v) is 4.49. The Morgan fingerprint density at radius 1 is 0.853 bits per heavy atom. The lowest BCUT2D eigenvalue weighted by Crippen LogP contribution is -2.23. The van der Waals surface area contributed by atoms with Crippen molar-refractivity contribution in [3.05, 3.63) is 98.3 Å². The van der Waals surface area contributed by atoms with Gasteiger partial charge in [0.1, 0.15) is 17.1 Å². The number of pyridine rings is 1. The zero-order valence-corrected chi connectivity index (χ0v) is 20.4.